The second-order valence-corrected chi connectivity index (χ2v) is 9.39. The number of imide groups is 1. The molecule has 0 radical (unpaired) electrons. The molecule has 1 N–H and O–H groups in total. The summed E-state index contributed by atoms with van der Waals surface area (Å²) in [5.74, 6) is -1.89. The lowest BCUT2D eigenvalue weighted by molar-refractivity contribution is -0.135. The number of anilines is 2. The Morgan fingerprint density at radius 3 is 2.75 bits per heavy atom. The second kappa shape index (κ2) is 6.56. The molecule has 8 heteroatoms. The minimum Gasteiger partial charge on any atom is -0.495 e. The summed E-state index contributed by atoms with van der Waals surface area (Å²) in [5, 5.41) is 3.44. The summed E-state index contributed by atoms with van der Waals surface area (Å²) in [6.07, 6.45) is 1.66. The van der Waals surface area contributed by atoms with Gasteiger partial charge in [-0.3, -0.25) is 19.3 Å². The zero-order valence-electron chi connectivity index (χ0n) is 17.7. The van der Waals surface area contributed by atoms with Gasteiger partial charge in [0.25, 0.3) is 0 Å². The number of hydrogen-bond acceptors (Lipinski definition) is 5. The number of fused-ring (bicyclic) bond motifs is 7. The lowest BCUT2D eigenvalue weighted by Crippen LogP contribution is -2.54. The van der Waals surface area contributed by atoms with E-state index in [1.54, 1.807) is 18.2 Å². The molecule has 7 nitrogen and oxygen atoms in total. The van der Waals surface area contributed by atoms with Gasteiger partial charge in [-0.25, -0.2) is 4.90 Å². The molecule has 4 atom stereocenters. The Hall–Kier alpha value is -2.90. The van der Waals surface area contributed by atoms with Crippen LogP contribution in [0.1, 0.15) is 24.0 Å². The smallest absolute Gasteiger partial charge is 0.250 e. The van der Waals surface area contributed by atoms with Gasteiger partial charge in [0.15, 0.2) is 0 Å². The zero-order chi connectivity index (χ0) is 22.4. The van der Waals surface area contributed by atoms with Crippen molar-refractivity contribution in [3.8, 4) is 5.75 Å². The number of carbonyl (C=O) groups is 3. The van der Waals surface area contributed by atoms with Crippen molar-refractivity contribution in [3.63, 3.8) is 0 Å². The van der Waals surface area contributed by atoms with Crippen LogP contribution in [0, 0.1) is 18.8 Å². The number of carbonyl (C=O) groups excluding carboxylic acids is 3. The summed E-state index contributed by atoms with van der Waals surface area (Å²) in [6.45, 7) is 2.62. The maximum atomic E-state index is 14.0. The van der Waals surface area contributed by atoms with E-state index in [0.717, 1.165) is 29.7 Å². The second-order valence-electron chi connectivity index (χ2n) is 8.95. The summed E-state index contributed by atoms with van der Waals surface area (Å²) in [4.78, 5) is 44.8. The number of hydrogen-bond donors (Lipinski definition) is 1. The van der Waals surface area contributed by atoms with Gasteiger partial charge in [-0.05, 0) is 50.1 Å². The highest BCUT2D eigenvalue weighted by Crippen LogP contribution is 2.61. The molecule has 3 amide bonds. The summed E-state index contributed by atoms with van der Waals surface area (Å²) in [5.41, 5.74) is 1.63. The van der Waals surface area contributed by atoms with Crippen molar-refractivity contribution in [2.45, 2.75) is 31.3 Å². The fraction of sp³-hybridized carbons (Fsp3) is 0.375. The van der Waals surface area contributed by atoms with E-state index in [2.05, 4.69) is 10.2 Å². The number of amides is 3. The van der Waals surface area contributed by atoms with Crippen LogP contribution in [0.25, 0.3) is 0 Å². The molecule has 2 aromatic rings. The van der Waals surface area contributed by atoms with E-state index in [-0.39, 0.29) is 23.8 Å². The predicted molar refractivity (Wildman–Crippen MR) is 119 cm³/mol. The maximum Gasteiger partial charge on any atom is 0.250 e. The van der Waals surface area contributed by atoms with Crippen LogP contribution < -0.4 is 15.0 Å². The van der Waals surface area contributed by atoms with E-state index in [0.29, 0.717) is 23.0 Å². The highest BCUT2D eigenvalue weighted by atomic mass is 35.5. The molecule has 1 spiro atoms. The van der Waals surface area contributed by atoms with Crippen molar-refractivity contribution in [3.05, 3.63) is 52.5 Å². The molecule has 0 aromatic heterocycles. The number of rotatable bonds is 2. The standard InChI is InChI=1S/C24H22ClN3O4/c1-12-5-3-6-14-20(12)26-23(31)24(14)19-18(15-7-4-10-27(15)24)21(29)28(22(19)30)16-11-13(25)8-9-17(16)32-2/h3,5-6,8-9,11,15,18-19H,4,7,10H2,1-2H3,(H,26,31). The van der Waals surface area contributed by atoms with E-state index in [1.807, 2.05) is 25.1 Å². The average molecular weight is 452 g/mol. The van der Waals surface area contributed by atoms with Crippen LogP contribution in [0.4, 0.5) is 11.4 Å². The fourth-order valence-electron chi connectivity index (χ4n) is 6.45. The Labute approximate surface area is 190 Å². The Morgan fingerprint density at radius 2 is 1.97 bits per heavy atom. The van der Waals surface area contributed by atoms with Crippen molar-refractivity contribution in [1.82, 2.24) is 4.90 Å². The lowest BCUT2D eigenvalue weighted by Gasteiger charge is -2.36. The van der Waals surface area contributed by atoms with Crippen LogP contribution >= 0.6 is 11.6 Å². The molecule has 32 heavy (non-hydrogen) atoms. The zero-order valence-corrected chi connectivity index (χ0v) is 18.5. The normalized spacial score (nSPS) is 30.7. The van der Waals surface area contributed by atoms with E-state index in [4.69, 9.17) is 16.3 Å². The Bertz CT molecular complexity index is 1210. The van der Waals surface area contributed by atoms with Gasteiger partial charge < -0.3 is 10.1 Å². The maximum absolute atomic E-state index is 14.0. The summed E-state index contributed by atoms with van der Waals surface area (Å²) in [6, 6.07) is 10.5. The number of aryl methyl sites for hydroxylation is 1. The monoisotopic (exact) mass is 451 g/mol. The predicted octanol–water partition coefficient (Wildman–Crippen LogP) is 3.09. The molecule has 6 rings (SSSR count). The van der Waals surface area contributed by atoms with Crippen LogP contribution in [0.5, 0.6) is 5.75 Å². The SMILES string of the molecule is COc1ccc(Cl)cc1N1C(=O)C2C3CCCN3C3(C(=O)Nc4c(C)cccc43)C2C1=O. The topological polar surface area (TPSA) is 79.0 Å². The fourth-order valence-corrected chi connectivity index (χ4v) is 6.62. The number of benzene rings is 2. The number of ether oxygens (including phenoxy) is 1. The van der Waals surface area contributed by atoms with Crippen molar-refractivity contribution < 1.29 is 19.1 Å². The Balaban J connectivity index is 1.57. The van der Waals surface area contributed by atoms with Gasteiger partial charge in [0, 0.05) is 22.3 Å². The molecule has 4 aliphatic heterocycles. The number of methoxy groups -OCH3 is 1. The minimum atomic E-state index is -1.18. The molecule has 0 aliphatic carbocycles. The van der Waals surface area contributed by atoms with Gasteiger partial charge >= 0.3 is 0 Å². The molecule has 0 bridgehead atoms. The van der Waals surface area contributed by atoms with Crippen LogP contribution in [-0.4, -0.2) is 42.3 Å². The van der Waals surface area contributed by atoms with Crippen molar-refractivity contribution in [2.75, 3.05) is 23.9 Å². The van der Waals surface area contributed by atoms with E-state index in [1.165, 1.54) is 12.0 Å². The molecule has 2 aromatic carbocycles. The highest BCUT2D eigenvalue weighted by Gasteiger charge is 2.74. The molecule has 164 valence electrons. The molecule has 0 saturated carbocycles. The van der Waals surface area contributed by atoms with E-state index >= 15 is 0 Å². The molecule has 4 unspecified atom stereocenters. The number of halogens is 1. The van der Waals surface area contributed by atoms with Gasteiger partial charge in [-0.1, -0.05) is 29.8 Å². The first-order valence-corrected chi connectivity index (χ1v) is 11.2. The molecule has 4 aliphatic rings. The van der Waals surface area contributed by atoms with Gasteiger partial charge in [0.05, 0.1) is 24.6 Å². The number of nitrogens with zero attached hydrogens (tertiary/aromatic N) is 2. The molecule has 3 fully saturated rings. The highest BCUT2D eigenvalue weighted by molar-refractivity contribution is 6.32. The van der Waals surface area contributed by atoms with Crippen molar-refractivity contribution >= 4 is 40.7 Å². The lowest BCUT2D eigenvalue weighted by atomic mass is 9.75. The van der Waals surface area contributed by atoms with Gasteiger partial charge in [-0.2, -0.15) is 0 Å². The van der Waals surface area contributed by atoms with E-state index < -0.39 is 17.4 Å². The Morgan fingerprint density at radius 1 is 1.16 bits per heavy atom. The van der Waals surface area contributed by atoms with Crippen LogP contribution in [-0.2, 0) is 19.9 Å². The Kier molecular flexibility index (Phi) is 4.05. The van der Waals surface area contributed by atoms with Gasteiger partial charge in [0.1, 0.15) is 11.3 Å². The largest absolute Gasteiger partial charge is 0.495 e. The third-order valence-corrected chi connectivity index (χ3v) is 7.85. The van der Waals surface area contributed by atoms with Crippen LogP contribution in [0.3, 0.4) is 0 Å². The third kappa shape index (κ3) is 2.18. The first-order valence-electron chi connectivity index (χ1n) is 10.8. The third-order valence-electron chi connectivity index (χ3n) is 7.62. The van der Waals surface area contributed by atoms with Crippen LogP contribution in [0.2, 0.25) is 5.02 Å². The minimum absolute atomic E-state index is 0.163. The summed E-state index contributed by atoms with van der Waals surface area (Å²) < 4.78 is 5.43. The van der Waals surface area contributed by atoms with Gasteiger partial charge in [-0.15, -0.1) is 0 Å². The molecule has 4 heterocycles. The number of nitrogens with one attached hydrogen (secondary N) is 1. The first kappa shape index (κ1) is 19.8. The van der Waals surface area contributed by atoms with Crippen molar-refractivity contribution in [1.29, 1.82) is 0 Å². The van der Waals surface area contributed by atoms with Gasteiger partial charge in [0.2, 0.25) is 17.7 Å². The summed E-state index contributed by atoms with van der Waals surface area (Å²) >= 11 is 6.21. The summed E-state index contributed by atoms with van der Waals surface area (Å²) in [7, 11) is 1.49. The van der Waals surface area contributed by atoms with Crippen molar-refractivity contribution in [2.24, 2.45) is 11.8 Å². The first-order chi connectivity index (χ1) is 15.4. The van der Waals surface area contributed by atoms with Crippen LogP contribution in [0.15, 0.2) is 36.4 Å². The molecular formula is C24H22ClN3O4. The van der Waals surface area contributed by atoms with E-state index in [9.17, 15) is 14.4 Å². The molecule has 3 saturated heterocycles. The number of para-hydroxylation sites is 1. The molecular weight excluding hydrogens is 430 g/mol. The average Bonchev–Trinajstić information content (AvgIpc) is 3.47. The quantitative estimate of drug-likeness (QED) is 0.710.